The molecule has 0 bridgehead atoms. The third kappa shape index (κ3) is 4.74. The average Bonchev–Trinajstić information content (AvgIpc) is 2.45. The SMILES string of the molecule is COc1c(Cl)cc(C(=O)N2CCN(CC(F)(F)F)CC2)cc1Br. The predicted molar refractivity (Wildman–Crippen MR) is 84.1 cm³/mol. The van der Waals surface area contributed by atoms with Crippen LogP contribution in [-0.2, 0) is 0 Å². The summed E-state index contributed by atoms with van der Waals surface area (Å²) >= 11 is 9.33. The number of piperazine rings is 1. The van der Waals surface area contributed by atoms with E-state index in [4.69, 9.17) is 16.3 Å². The van der Waals surface area contributed by atoms with Crippen molar-refractivity contribution in [1.82, 2.24) is 9.80 Å². The molecule has 23 heavy (non-hydrogen) atoms. The quantitative estimate of drug-likeness (QED) is 0.758. The number of hydrogen-bond acceptors (Lipinski definition) is 3. The number of carbonyl (C=O) groups excluding carboxylic acids is 1. The smallest absolute Gasteiger partial charge is 0.401 e. The fourth-order valence-electron chi connectivity index (χ4n) is 2.42. The first kappa shape index (κ1) is 18.4. The van der Waals surface area contributed by atoms with E-state index in [-0.39, 0.29) is 32.1 Å². The average molecular weight is 416 g/mol. The zero-order valence-electron chi connectivity index (χ0n) is 12.3. The van der Waals surface area contributed by atoms with Gasteiger partial charge in [-0.15, -0.1) is 0 Å². The van der Waals surface area contributed by atoms with Gasteiger partial charge in [-0.05, 0) is 28.1 Å². The van der Waals surface area contributed by atoms with E-state index in [1.54, 1.807) is 6.07 Å². The first-order valence-corrected chi connectivity index (χ1v) is 8.00. The molecule has 0 aromatic heterocycles. The normalized spacial score (nSPS) is 16.5. The fraction of sp³-hybridized carbons (Fsp3) is 0.500. The lowest BCUT2D eigenvalue weighted by atomic mass is 10.1. The minimum absolute atomic E-state index is 0.191. The molecule has 128 valence electrons. The summed E-state index contributed by atoms with van der Waals surface area (Å²) < 4.78 is 42.7. The zero-order valence-corrected chi connectivity index (χ0v) is 14.6. The number of ether oxygens (including phenoxy) is 1. The largest absolute Gasteiger partial charge is 0.494 e. The van der Waals surface area contributed by atoms with Gasteiger partial charge in [0, 0.05) is 31.7 Å². The van der Waals surface area contributed by atoms with Crippen LogP contribution in [0.3, 0.4) is 0 Å². The molecule has 0 atom stereocenters. The maximum Gasteiger partial charge on any atom is 0.401 e. The second kappa shape index (κ2) is 7.27. The Hall–Kier alpha value is -0.990. The Bertz CT molecular complexity index is 567. The standard InChI is InChI=1S/C14H15BrClF3N2O2/c1-23-12-10(15)6-9(7-11(12)16)13(22)21-4-2-20(3-5-21)8-14(17,18)19/h6-7H,2-5,8H2,1H3. The highest BCUT2D eigenvalue weighted by atomic mass is 79.9. The van der Waals surface area contributed by atoms with E-state index < -0.39 is 12.7 Å². The van der Waals surface area contributed by atoms with Gasteiger partial charge in [0.25, 0.3) is 5.91 Å². The van der Waals surface area contributed by atoms with Gasteiger partial charge in [0.2, 0.25) is 0 Å². The lowest BCUT2D eigenvalue weighted by Gasteiger charge is -2.35. The summed E-state index contributed by atoms with van der Waals surface area (Å²) in [5.74, 6) is 0.167. The molecule has 0 radical (unpaired) electrons. The molecule has 0 unspecified atom stereocenters. The number of halogens is 5. The monoisotopic (exact) mass is 414 g/mol. The van der Waals surface area contributed by atoms with E-state index >= 15 is 0 Å². The van der Waals surface area contributed by atoms with Gasteiger partial charge >= 0.3 is 6.18 Å². The molecule has 0 spiro atoms. The molecule has 1 aliphatic heterocycles. The van der Waals surface area contributed by atoms with Crippen LogP contribution >= 0.6 is 27.5 Å². The van der Waals surface area contributed by atoms with Gasteiger partial charge in [-0.3, -0.25) is 9.69 Å². The summed E-state index contributed by atoms with van der Waals surface area (Å²) in [6.45, 7) is -0.0755. The van der Waals surface area contributed by atoms with E-state index in [2.05, 4.69) is 15.9 Å². The second-order valence-electron chi connectivity index (χ2n) is 5.16. The number of hydrogen-bond donors (Lipinski definition) is 0. The fourth-order valence-corrected chi connectivity index (χ4v) is 3.46. The van der Waals surface area contributed by atoms with Crippen molar-refractivity contribution in [3.05, 3.63) is 27.2 Å². The highest BCUT2D eigenvalue weighted by molar-refractivity contribution is 9.10. The Morgan fingerprint density at radius 3 is 2.39 bits per heavy atom. The zero-order chi connectivity index (χ0) is 17.2. The molecule has 1 heterocycles. The Kier molecular flexibility index (Phi) is 5.80. The van der Waals surface area contributed by atoms with Crippen molar-refractivity contribution in [2.24, 2.45) is 0 Å². The summed E-state index contributed by atoms with van der Waals surface area (Å²) in [4.78, 5) is 15.3. The molecule has 9 heteroatoms. The number of carbonyl (C=O) groups is 1. The van der Waals surface area contributed by atoms with Crippen LogP contribution < -0.4 is 4.74 Å². The molecule has 0 saturated carbocycles. The topological polar surface area (TPSA) is 32.8 Å². The van der Waals surface area contributed by atoms with Crippen molar-refractivity contribution in [2.75, 3.05) is 39.8 Å². The van der Waals surface area contributed by atoms with Gasteiger partial charge in [0.15, 0.2) is 5.75 Å². The van der Waals surface area contributed by atoms with Gasteiger partial charge in [-0.25, -0.2) is 0 Å². The third-order valence-corrected chi connectivity index (χ3v) is 4.38. The molecule has 0 aliphatic carbocycles. The maximum atomic E-state index is 12.5. The van der Waals surface area contributed by atoms with Gasteiger partial charge in [-0.2, -0.15) is 13.2 Å². The predicted octanol–water partition coefficient (Wildman–Crippen LogP) is 3.43. The molecule has 1 amide bonds. The first-order chi connectivity index (χ1) is 10.7. The summed E-state index contributed by atoms with van der Waals surface area (Å²) in [6, 6.07) is 3.09. The van der Waals surface area contributed by atoms with Crippen LogP contribution in [0.5, 0.6) is 5.75 Å². The minimum Gasteiger partial charge on any atom is -0.494 e. The number of benzene rings is 1. The van der Waals surface area contributed by atoms with Crippen molar-refractivity contribution in [3.8, 4) is 5.75 Å². The van der Waals surface area contributed by atoms with Crippen molar-refractivity contribution in [2.45, 2.75) is 6.18 Å². The molecule has 1 aromatic rings. The lowest BCUT2D eigenvalue weighted by molar-refractivity contribution is -0.148. The molecule has 1 aliphatic rings. The van der Waals surface area contributed by atoms with Crippen LogP contribution in [0, 0.1) is 0 Å². The number of nitrogens with zero attached hydrogens (tertiary/aromatic N) is 2. The van der Waals surface area contributed by atoms with E-state index in [1.165, 1.54) is 23.0 Å². The summed E-state index contributed by atoms with van der Waals surface area (Å²) in [5.41, 5.74) is 0.368. The van der Waals surface area contributed by atoms with Crippen LogP contribution in [0.25, 0.3) is 0 Å². The van der Waals surface area contributed by atoms with Crippen LogP contribution in [0.15, 0.2) is 16.6 Å². The molecule has 4 nitrogen and oxygen atoms in total. The van der Waals surface area contributed by atoms with Gasteiger partial charge in [0.1, 0.15) is 0 Å². The van der Waals surface area contributed by atoms with Crippen LogP contribution in [0.2, 0.25) is 5.02 Å². The van der Waals surface area contributed by atoms with E-state index in [1.807, 2.05) is 0 Å². The van der Waals surface area contributed by atoms with E-state index in [9.17, 15) is 18.0 Å². The van der Waals surface area contributed by atoms with Gasteiger partial charge < -0.3 is 9.64 Å². The summed E-state index contributed by atoms with van der Waals surface area (Å²) in [5, 5.41) is 0.293. The summed E-state index contributed by atoms with van der Waals surface area (Å²) in [6.07, 6.45) is -4.22. The Morgan fingerprint density at radius 2 is 1.91 bits per heavy atom. The van der Waals surface area contributed by atoms with Crippen molar-refractivity contribution in [3.63, 3.8) is 0 Å². The van der Waals surface area contributed by atoms with Crippen molar-refractivity contribution < 1.29 is 22.7 Å². The van der Waals surface area contributed by atoms with E-state index in [0.29, 0.717) is 20.8 Å². The van der Waals surface area contributed by atoms with Crippen LogP contribution in [0.4, 0.5) is 13.2 Å². The minimum atomic E-state index is -4.22. The number of methoxy groups -OCH3 is 1. The van der Waals surface area contributed by atoms with Gasteiger partial charge in [-0.1, -0.05) is 11.6 Å². The highest BCUT2D eigenvalue weighted by Gasteiger charge is 2.33. The molecular weight excluding hydrogens is 401 g/mol. The van der Waals surface area contributed by atoms with Crippen LogP contribution in [0.1, 0.15) is 10.4 Å². The van der Waals surface area contributed by atoms with E-state index in [0.717, 1.165) is 0 Å². The van der Waals surface area contributed by atoms with Crippen molar-refractivity contribution >= 4 is 33.4 Å². The number of alkyl halides is 3. The lowest BCUT2D eigenvalue weighted by Crippen LogP contribution is -2.50. The van der Waals surface area contributed by atoms with Gasteiger partial charge in [0.05, 0.1) is 23.1 Å². The maximum absolute atomic E-state index is 12.5. The number of rotatable bonds is 3. The Labute approximate surface area is 145 Å². The molecule has 2 rings (SSSR count). The number of amides is 1. The van der Waals surface area contributed by atoms with Crippen molar-refractivity contribution in [1.29, 1.82) is 0 Å². The summed E-state index contributed by atoms with van der Waals surface area (Å²) in [7, 11) is 1.47. The Balaban J connectivity index is 2.03. The third-order valence-electron chi connectivity index (χ3n) is 3.51. The van der Waals surface area contributed by atoms with Crippen LogP contribution in [-0.4, -0.2) is 61.7 Å². The first-order valence-electron chi connectivity index (χ1n) is 6.82. The molecule has 1 saturated heterocycles. The highest BCUT2D eigenvalue weighted by Crippen LogP contribution is 2.34. The molecular formula is C14H15BrClF3N2O2. The Morgan fingerprint density at radius 1 is 1.30 bits per heavy atom. The molecule has 1 aromatic carbocycles. The molecule has 1 fully saturated rings. The second-order valence-corrected chi connectivity index (χ2v) is 6.42. The molecule has 0 N–H and O–H groups in total.